The third-order valence-electron chi connectivity index (χ3n) is 5.24. The second-order valence-corrected chi connectivity index (χ2v) is 7.36. The number of nitrogens with one attached hydrogen (secondary N) is 1. The van der Waals surface area contributed by atoms with Crippen molar-refractivity contribution in [1.82, 2.24) is 9.78 Å². The van der Waals surface area contributed by atoms with E-state index < -0.39 is 0 Å². The molecule has 0 saturated heterocycles. The Kier molecular flexibility index (Phi) is 5.47. The van der Waals surface area contributed by atoms with Crippen molar-refractivity contribution in [3.63, 3.8) is 0 Å². The van der Waals surface area contributed by atoms with E-state index in [0.29, 0.717) is 11.4 Å². The van der Waals surface area contributed by atoms with Crippen molar-refractivity contribution in [3.05, 3.63) is 70.0 Å². The maximum absolute atomic E-state index is 13.0. The molecule has 3 N–H and O–H groups in total. The smallest absolute Gasteiger partial charge is 0.276 e. The molecule has 146 valence electrons. The van der Waals surface area contributed by atoms with Crippen molar-refractivity contribution >= 4 is 29.7 Å². The summed E-state index contributed by atoms with van der Waals surface area (Å²) in [6.45, 7) is 6.12. The Bertz CT molecular complexity index is 1050. The predicted octanol–water partition coefficient (Wildman–Crippen LogP) is 4.54. The van der Waals surface area contributed by atoms with Crippen molar-refractivity contribution in [2.45, 2.75) is 40.0 Å². The number of benzene rings is 2. The molecule has 28 heavy (non-hydrogen) atoms. The van der Waals surface area contributed by atoms with Crippen LogP contribution in [0.4, 0.5) is 11.4 Å². The fourth-order valence-electron chi connectivity index (χ4n) is 3.82. The third-order valence-corrected chi connectivity index (χ3v) is 5.24. The number of nitrogens with zero attached hydrogens (tertiary/aromatic N) is 2. The van der Waals surface area contributed by atoms with Gasteiger partial charge in [-0.3, -0.25) is 4.79 Å². The lowest BCUT2D eigenvalue weighted by molar-refractivity contribution is 0.102. The van der Waals surface area contributed by atoms with Crippen molar-refractivity contribution in [2.75, 3.05) is 11.1 Å². The number of carbonyl (C=O) groups is 1. The van der Waals surface area contributed by atoms with Gasteiger partial charge in [0, 0.05) is 22.6 Å². The van der Waals surface area contributed by atoms with E-state index in [9.17, 15) is 4.79 Å². The van der Waals surface area contributed by atoms with Gasteiger partial charge >= 0.3 is 0 Å². The van der Waals surface area contributed by atoms with Gasteiger partial charge in [-0.05, 0) is 69.4 Å². The summed E-state index contributed by atoms with van der Waals surface area (Å²) in [5, 5.41) is 7.70. The molecular formula is C22H25ClN4O. The fraction of sp³-hybridized carbons (Fsp3) is 0.273. The lowest BCUT2D eigenvalue weighted by Gasteiger charge is -2.10. The van der Waals surface area contributed by atoms with Crippen LogP contribution in [0.2, 0.25) is 0 Å². The molecule has 0 bridgehead atoms. The van der Waals surface area contributed by atoms with Crippen molar-refractivity contribution < 1.29 is 4.79 Å². The molecule has 0 radical (unpaired) electrons. The van der Waals surface area contributed by atoms with Crippen LogP contribution in [0.5, 0.6) is 0 Å². The summed E-state index contributed by atoms with van der Waals surface area (Å²) in [6.07, 6.45) is 2.88. The van der Waals surface area contributed by atoms with Gasteiger partial charge in [0.1, 0.15) is 0 Å². The first-order chi connectivity index (χ1) is 12.9. The second-order valence-electron chi connectivity index (χ2n) is 7.36. The average Bonchev–Trinajstić information content (AvgIpc) is 3.21. The predicted molar refractivity (Wildman–Crippen MR) is 116 cm³/mol. The molecule has 0 unspecified atom stereocenters. The number of hydrogen-bond donors (Lipinski definition) is 2. The number of nitrogen functional groups attached to an aromatic ring is 1. The normalized spacial score (nSPS) is 12.4. The average molecular weight is 397 g/mol. The SMILES string of the molecule is Cc1ccc(-n2nc(C(=O)Nc3cc(N)ccc3C)c3c2CCC3)c(C)c1.Cl. The Morgan fingerprint density at radius 1 is 1.07 bits per heavy atom. The first kappa shape index (κ1) is 20.0. The number of aromatic nitrogens is 2. The lowest BCUT2D eigenvalue weighted by atomic mass is 10.1. The van der Waals surface area contributed by atoms with Crippen LogP contribution in [0, 0.1) is 20.8 Å². The van der Waals surface area contributed by atoms with Gasteiger partial charge in [0.2, 0.25) is 0 Å². The molecule has 2 aromatic carbocycles. The molecule has 0 aliphatic heterocycles. The van der Waals surface area contributed by atoms with E-state index in [1.54, 1.807) is 6.07 Å². The first-order valence-corrected chi connectivity index (χ1v) is 9.30. The van der Waals surface area contributed by atoms with Gasteiger partial charge < -0.3 is 11.1 Å². The summed E-state index contributed by atoms with van der Waals surface area (Å²) >= 11 is 0. The quantitative estimate of drug-likeness (QED) is 0.638. The molecule has 1 amide bonds. The maximum atomic E-state index is 13.0. The summed E-state index contributed by atoms with van der Waals surface area (Å²) < 4.78 is 1.96. The monoisotopic (exact) mass is 396 g/mol. The van der Waals surface area contributed by atoms with E-state index in [-0.39, 0.29) is 18.3 Å². The largest absolute Gasteiger partial charge is 0.399 e. The molecule has 0 saturated carbocycles. The minimum Gasteiger partial charge on any atom is -0.399 e. The van der Waals surface area contributed by atoms with Gasteiger partial charge in [-0.15, -0.1) is 12.4 Å². The zero-order chi connectivity index (χ0) is 19.1. The Hall–Kier alpha value is -2.79. The van der Waals surface area contributed by atoms with Crippen LogP contribution in [0.3, 0.4) is 0 Å². The van der Waals surface area contributed by atoms with E-state index >= 15 is 0 Å². The zero-order valence-electron chi connectivity index (χ0n) is 16.4. The van der Waals surface area contributed by atoms with Crippen LogP contribution in [0.15, 0.2) is 36.4 Å². The summed E-state index contributed by atoms with van der Waals surface area (Å²) in [6, 6.07) is 11.8. The number of aryl methyl sites for hydroxylation is 3. The lowest BCUT2D eigenvalue weighted by Crippen LogP contribution is -2.16. The summed E-state index contributed by atoms with van der Waals surface area (Å²) in [4.78, 5) is 13.0. The highest BCUT2D eigenvalue weighted by molar-refractivity contribution is 6.04. The molecule has 0 spiro atoms. The number of fused-ring (bicyclic) bond motifs is 1. The standard InChI is InChI=1S/C22H24N4O.ClH/c1-13-7-10-19(15(3)11-13)26-20-6-4-5-17(20)21(25-26)22(27)24-18-12-16(23)9-8-14(18)2;/h7-12H,4-6,23H2,1-3H3,(H,24,27);1H. The van der Waals surface area contributed by atoms with Crippen LogP contribution < -0.4 is 11.1 Å². The molecule has 0 atom stereocenters. The number of rotatable bonds is 3. The molecule has 1 aliphatic carbocycles. The molecule has 1 heterocycles. The van der Waals surface area contributed by atoms with E-state index in [4.69, 9.17) is 10.8 Å². The topological polar surface area (TPSA) is 72.9 Å². The van der Waals surface area contributed by atoms with E-state index in [0.717, 1.165) is 53.0 Å². The number of halogens is 1. The second kappa shape index (κ2) is 7.68. The van der Waals surface area contributed by atoms with E-state index in [1.165, 1.54) is 5.56 Å². The number of anilines is 2. The highest BCUT2D eigenvalue weighted by Gasteiger charge is 2.27. The van der Waals surface area contributed by atoms with Gasteiger partial charge in [-0.2, -0.15) is 5.10 Å². The van der Waals surface area contributed by atoms with Crippen LogP contribution in [0.25, 0.3) is 5.69 Å². The van der Waals surface area contributed by atoms with E-state index in [1.807, 2.05) is 23.7 Å². The van der Waals surface area contributed by atoms with Gasteiger partial charge in [0.25, 0.3) is 5.91 Å². The summed E-state index contributed by atoms with van der Waals surface area (Å²) in [7, 11) is 0. The van der Waals surface area contributed by atoms with Gasteiger partial charge in [-0.25, -0.2) is 4.68 Å². The summed E-state index contributed by atoms with van der Waals surface area (Å²) in [5.74, 6) is -0.176. The number of amides is 1. The third kappa shape index (κ3) is 3.50. The maximum Gasteiger partial charge on any atom is 0.276 e. The van der Waals surface area contributed by atoms with E-state index in [2.05, 4.69) is 37.4 Å². The number of hydrogen-bond acceptors (Lipinski definition) is 3. The summed E-state index contributed by atoms with van der Waals surface area (Å²) in [5.41, 5.74) is 14.3. The van der Waals surface area contributed by atoms with Crippen LogP contribution in [0.1, 0.15) is 44.9 Å². The highest BCUT2D eigenvalue weighted by atomic mass is 35.5. The molecule has 1 aromatic heterocycles. The van der Waals surface area contributed by atoms with Crippen LogP contribution in [-0.2, 0) is 12.8 Å². The number of carbonyl (C=O) groups excluding carboxylic acids is 1. The molecule has 0 fully saturated rings. The minimum absolute atomic E-state index is 0. The zero-order valence-corrected chi connectivity index (χ0v) is 17.2. The number of nitrogens with two attached hydrogens (primary N) is 1. The van der Waals surface area contributed by atoms with Gasteiger partial charge in [0.05, 0.1) is 5.69 Å². The Labute approximate surface area is 171 Å². The van der Waals surface area contributed by atoms with Crippen LogP contribution in [-0.4, -0.2) is 15.7 Å². The Morgan fingerprint density at radius 3 is 2.61 bits per heavy atom. The first-order valence-electron chi connectivity index (χ1n) is 9.30. The molecule has 5 nitrogen and oxygen atoms in total. The molecule has 1 aliphatic rings. The molecule has 3 aromatic rings. The molecule has 4 rings (SSSR count). The van der Waals surface area contributed by atoms with Crippen LogP contribution >= 0.6 is 12.4 Å². The van der Waals surface area contributed by atoms with Gasteiger partial charge in [0.15, 0.2) is 5.69 Å². The van der Waals surface area contributed by atoms with Crippen molar-refractivity contribution in [1.29, 1.82) is 0 Å². The molecule has 6 heteroatoms. The Morgan fingerprint density at radius 2 is 1.86 bits per heavy atom. The highest BCUT2D eigenvalue weighted by Crippen LogP contribution is 2.30. The minimum atomic E-state index is -0.176. The van der Waals surface area contributed by atoms with Gasteiger partial charge in [-0.1, -0.05) is 23.8 Å². The fourth-order valence-corrected chi connectivity index (χ4v) is 3.82. The van der Waals surface area contributed by atoms with Crippen molar-refractivity contribution in [2.24, 2.45) is 0 Å². The van der Waals surface area contributed by atoms with Crippen molar-refractivity contribution in [3.8, 4) is 5.69 Å². The Balaban J connectivity index is 0.00000225. The molecular weight excluding hydrogens is 372 g/mol.